The first kappa shape index (κ1) is 10.7. The van der Waals surface area contributed by atoms with Crippen molar-refractivity contribution in [2.75, 3.05) is 0 Å². The Morgan fingerprint density at radius 1 is 1.53 bits per heavy atom. The minimum atomic E-state index is -0.588. The molecule has 3 rings (SSSR count). The second-order valence-electron chi connectivity index (χ2n) is 5.15. The molecule has 1 fully saturated rings. The third-order valence-corrected chi connectivity index (χ3v) is 4.21. The molecular weight excluding hydrogens is 188 g/mol. The highest BCUT2D eigenvalue weighted by Gasteiger charge is 2.43. The summed E-state index contributed by atoms with van der Waals surface area (Å²) in [7, 11) is 0. The van der Waals surface area contributed by atoms with Crippen molar-refractivity contribution in [1.29, 1.82) is 0 Å². The summed E-state index contributed by atoms with van der Waals surface area (Å²) in [4.78, 5) is 11.2. The van der Waals surface area contributed by atoms with Gasteiger partial charge in [0.25, 0.3) is 0 Å². The lowest BCUT2D eigenvalue weighted by Gasteiger charge is -2.44. The molecule has 0 saturated heterocycles. The van der Waals surface area contributed by atoms with Crippen LogP contribution in [0.5, 0.6) is 0 Å². The van der Waals surface area contributed by atoms with Gasteiger partial charge in [0.05, 0.1) is 5.92 Å². The quantitative estimate of drug-likeness (QED) is 0.724. The molecule has 4 unspecified atom stereocenters. The van der Waals surface area contributed by atoms with Gasteiger partial charge in [-0.3, -0.25) is 4.79 Å². The van der Waals surface area contributed by atoms with E-state index in [1.54, 1.807) is 0 Å². The molecule has 0 radical (unpaired) electrons. The highest BCUT2D eigenvalue weighted by atomic mass is 16.4. The average Bonchev–Trinajstić information content (AvgIpc) is 2.19. The first-order valence-corrected chi connectivity index (χ1v) is 6.04. The zero-order valence-corrected chi connectivity index (χ0v) is 9.57. The number of carbonyl (C=O) groups is 1. The normalized spacial score (nSPS) is 38.9. The predicted molar refractivity (Wildman–Crippen MR) is 59.5 cm³/mol. The van der Waals surface area contributed by atoms with E-state index in [9.17, 15) is 9.90 Å². The molecule has 3 aliphatic carbocycles. The molecule has 0 aliphatic heterocycles. The van der Waals surface area contributed by atoms with Crippen molar-refractivity contribution in [2.24, 2.45) is 23.7 Å². The van der Waals surface area contributed by atoms with Gasteiger partial charge in [-0.1, -0.05) is 31.4 Å². The Morgan fingerprint density at radius 3 is 2.80 bits per heavy atom. The highest BCUT2D eigenvalue weighted by Crippen LogP contribution is 2.48. The molecule has 3 aliphatic rings. The number of rotatable bonds is 3. The molecular formula is C13H20O2. The van der Waals surface area contributed by atoms with E-state index in [2.05, 4.69) is 19.9 Å². The second-order valence-corrected chi connectivity index (χ2v) is 5.15. The van der Waals surface area contributed by atoms with Gasteiger partial charge in [-0.05, 0) is 37.5 Å². The number of fused-ring (bicyclic) bond motifs is 2. The van der Waals surface area contributed by atoms with E-state index in [4.69, 9.17) is 0 Å². The Kier molecular flexibility index (Phi) is 2.85. The first-order valence-electron chi connectivity index (χ1n) is 6.04. The number of hydrogen-bond acceptors (Lipinski definition) is 1. The lowest BCUT2D eigenvalue weighted by atomic mass is 9.60. The topological polar surface area (TPSA) is 37.3 Å². The third kappa shape index (κ3) is 1.82. The third-order valence-electron chi connectivity index (χ3n) is 4.21. The van der Waals surface area contributed by atoms with Gasteiger partial charge in [-0.15, -0.1) is 0 Å². The molecule has 4 atom stereocenters. The number of carboxylic acids is 1. The maximum atomic E-state index is 11.2. The van der Waals surface area contributed by atoms with E-state index in [-0.39, 0.29) is 5.92 Å². The molecule has 84 valence electrons. The monoisotopic (exact) mass is 208 g/mol. The Hall–Kier alpha value is -0.790. The summed E-state index contributed by atoms with van der Waals surface area (Å²) in [5, 5.41) is 9.20. The van der Waals surface area contributed by atoms with E-state index >= 15 is 0 Å². The van der Waals surface area contributed by atoms with Gasteiger partial charge in [0.1, 0.15) is 0 Å². The van der Waals surface area contributed by atoms with Gasteiger partial charge in [-0.2, -0.15) is 0 Å². The Bertz CT molecular complexity index is 293. The summed E-state index contributed by atoms with van der Waals surface area (Å²) in [6.07, 6.45) is 6.71. The van der Waals surface area contributed by atoms with Crippen molar-refractivity contribution >= 4 is 5.97 Å². The predicted octanol–water partition coefficient (Wildman–Crippen LogP) is 3.09. The molecule has 0 aromatic rings. The van der Waals surface area contributed by atoms with Crippen LogP contribution in [0.2, 0.25) is 0 Å². The largest absolute Gasteiger partial charge is 0.481 e. The first-order chi connectivity index (χ1) is 7.13. The van der Waals surface area contributed by atoms with Crippen LogP contribution in [0.4, 0.5) is 0 Å². The minimum Gasteiger partial charge on any atom is -0.481 e. The van der Waals surface area contributed by atoms with Crippen molar-refractivity contribution in [3.05, 3.63) is 11.6 Å². The van der Waals surface area contributed by atoms with Crippen molar-refractivity contribution in [3.8, 4) is 0 Å². The summed E-state index contributed by atoms with van der Waals surface area (Å²) in [5.74, 6) is 0.789. The summed E-state index contributed by atoms with van der Waals surface area (Å²) >= 11 is 0. The number of carboxylic acid groups (broad SMARTS) is 1. The molecule has 0 spiro atoms. The second kappa shape index (κ2) is 3.99. The van der Waals surface area contributed by atoms with Gasteiger partial charge in [0.2, 0.25) is 0 Å². The van der Waals surface area contributed by atoms with Gasteiger partial charge in [-0.25, -0.2) is 0 Å². The van der Waals surface area contributed by atoms with Crippen LogP contribution < -0.4 is 0 Å². The maximum Gasteiger partial charge on any atom is 0.307 e. The molecule has 0 amide bonds. The zero-order chi connectivity index (χ0) is 11.0. The van der Waals surface area contributed by atoms with Crippen LogP contribution in [-0.2, 0) is 4.79 Å². The van der Waals surface area contributed by atoms with Crippen LogP contribution in [0.15, 0.2) is 11.6 Å². The van der Waals surface area contributed by atoms with Crippen molar-refractivity contribution in [2.45, 2.75) is 39.5 Å². The molecule has 2 bridgehead atoms. The molecule has 1 N–H and O–H groups in total. The van der Waals surface area contributed by atoms with E-state index < -0.39 is 5.97 Å². The summed E-state index contributed by atoms with van der Waals surface area (Å²) in [6.45, 7) is 4.35. The Labute approximate surface area is 91.4 Å². The average molecular weight is 208 g/mol. The molecule has 2 nitrogen and oxygen atoms in total. The Morgan fingerprint density at radius 2 is 2.27 bits per heavy atom. The fourth-order valence-corrected chi connectivity index (χ4v) is 3.42. The van der Waals surface area contributed by atoms with Crippen LogP contribution in [0.25, 0.3) is 0 Å². The summed E-state index contributed by atoms with van der Waals surface area (Å²) in [6, 6.07) is 0. The van der Waals surface area contributed by atoms with Crippen LogP contribution in [0, 0.1) is 23.7 Å². The van der Waals surface area contributed by atoms with Gasteiger partial charge in [0, 0.05) is 0 Å². The summed E-state index contributed by atoms with van der Waals surface area (Å²) in [5.41, 5.74) is 1.44. The summed E-state index contributed by atoms with van der Waals surface area (Å²) < 4.78 is 0. The van der Waals surface area contributed by atoms with Gasteiger partial charge >= 0.3 is 5.97 Å². The fraction of sp³-hybridized carbons (Fsp3) is 0.769. The number of hydrogen-bond donors (Lipinski definition) is 1. The number of aliphatic carboxylic acids is 1. The lowest BCUT2D eigenvalue weighted by molar-refractivity contribution is -0.146. The molecule has 15 heavy (non-hydrogen) atoms. The smallest absolute Gasteiger partial charge is 0.307 e. The van der Waals surface area contributed by atoms with Crippen molar-refractivity contribution < 1.29 is 9.90 Å². The van der Waals surface area contributed by atoms with Gasteiger partial charge in [0.15, 0.2) is 0 Å². The van der Waals surface area contributed by atoms with Crippen LogP contribution >= 0.6 is 0 Å². The highest BCUT2D eigenvalue weighted by molar-refractivity contribution is 5.71. The van der Waals surface area contributed by atoms with Gasteiger partial charge < -0.3 is 5.11 Å². The van der Waals surface area contributed by atoms with Crippen LogP contribution in [-0.4, -0.2) is 11.1 Å². The van der Waals surface area contributed by atoms with E-state index in [1.165, 1.54) is 24.8 Å². The molecule has 2 heteroatoms. The van der Waals surface area contributed by atoms with E-state index in [1.807, 2.05) is 0 Å². The maximum absolute atomic E-state index is 11.2. The van der Waals surface area contributed by atoms with Crippen LogP contribution in [0.3, 0.4) is 0 Å². The molecule has 1 saturated carbocycles. The molecule has 0 heterocycles. The minimum absolute atomic E-state index is 0.107. The SMILES string of the molecule is CCCC1CC2CC(C(=O)O)C1C=C2C. The molecule has 0 aromatic carbocycles. The number of allylic oxidation sites excluding steroid dienone is 2. The Balaban J connectivity index is 2.20. The zero-order valence-electron chi connectivity index (χ0n) is 9.57. The van der Waals surface area contributed by atoms with E-state index in [0.717, 1.165) is 6.42 Å². The molecule has 0 aromatic heterocycles. The lowest BCUT2D eigenvalue weighted by Crippen LogP contribution is -2.40. The fourth-order valence-electron chi connectivity index (χ4n) is 3.42. The standard InChI is InChI=1S/C13H20O2/c1-3-4-9-6-10-7-12(13(14)15)11(9)5-8(10)2/h5,9-12H,3-4,6-7H2,1-2H3,(H,14,15). The van der Waals surface area contributed by atoms with Crippen molar-refractivity contribution in [1.82, 2.24) is 0 Å². The van der Waals surface area contributed by atoms with E-state index in [0.29, 0.717) is 17.8 Å². The van der Waals surface area contributed by atoms with Crippen molar-refractivity contribution in [3.63, 3.8) is 0 Å². The van der Waals surface area contributed by atoms with Crippen LogP contribution in [0.1, 0.15) is 39.5 Å².